The largest absolute Gasteiger partial charge is 0.507 e. The van der Waals surface area contributed by atoms with Crippen LogP contribution in [0.2, 0.25) is 0 Å². The number of nitrogens with two attached hydrogens (primary N) is 1. The van der Waals surface area contributed by atoms with Gasteiger partial charge in [-0.25, -0.2) is 4.79 Å². The number of nitrogen functional groups attached to an aromatic ring is 1. The number of aliphatic hydroxyl groups is 1. The fraction of sp³-hybridized carbons (Fsp3) is 0.694. The van der Waals surface area contributed by atoms with Gasteiger partial charge in [0.05, 0.1) is 29.2 Å². The molecule has 0 spiro atoms. The van der Waals surface area contributed by atoms with E-state index < -0.39 is 11.2 Å². The predicted molar refractivity (Wildman–Crippen MR) is 184 cm³/mol. The van der Waals surface area contributed by atoms with E-state index in [4.69, 9.17) is 15.2 Å². The van der Waals surface area contributed by atoms with Crippen molar-refractivity contribution in [3.63, 3.8) is 0 Å². The molecule has 12 nitrogen and oxygen atoms in total. The molecule has 1 aromatic carbocycles. The maximum atomic E-state index is 12.4. The zero-order valence-corrected chi connectivity index (χ0v) is 28.8. The molecular formula is C36H53N7O5. The molecule has 2 unspecified atom stereocenters. The Morgan fingerprint density at radius 2 is 1.62 bits per heavy atom. The van der Waals surface area contributed by atoms with Crippen LogP contribution in [0.1, 0.15) is 72.1 Å². The Hall–Kier alpha value is -3.19. The van der Waals surface area contributed by atoms with Gasteiger partial charge in [0.1, 0.15) is 11.4 Å². The third-order valence-electron chi connectivity index (χ3n) is 11.2. The molecular weight excluding hydrogens is 610 g/mol. The smallest absolute Gasteiger partial charge is 0.410 e. The number of nitrogens with zero attached hydrogens (tertiary/aromatic N) is 6. The molecule has 5 fully saturated rings. The number of piperazine rings is 1. The zero-order chi connectivity index (χ0) is 33.6. The lowest BCUT2D eigenvalue weighted by Gasteiger charge is -2.50. The van der Waals surface area contributed by atoms with Gasteiger partial charge >= 0.3 is 6.09 Å². The van der Waals surface area contributed by atoms with Crippen LogP contribution in [0.4, 0.5) is 16.3 Å². The highest BCUT2D eigenvalue weighted by Crippen LogP contribution is 2.40. The zero-order valence-electron chi connectivity index (χ0n) is 28.8. The molecule has 48 heavy (non-hydrogen) atoms. The number of aromatic nitrogens is 2. The molecule has 4 N–H and O–H groups in total. The molecule has 1 saturated carbocycles. The van der Waals surface area contributed by atoms with Crippen LogP contribution in [-0.4, -0.2) is 129 Å². The average molecular weight is 664 g/mol. The fourth-order valence-corrected chi connectivity index (χ4v) is 8.44. The number of rotatable bonds is 7. The highest BCUT2D eigenvalue weighted by atomic mass is 16.6. The summed E-state index contributed by atoms with van der Waals surface area (Å²) in [6.07, 6.45) is 7.91. The van der Waals surface area contributed by atoms with Crippen LogP contribution in [-0.2, 0) is 9.47 Å². The molecule has 2 aromatic rings. The monoisotopic (exact) mass is 663 g/mol. The van der Waals surface area contributed by atoms with Gasteiger partial charge in [-0.3, -0.25) is 9.80 Å². The Balaban J connectivity index is 0.859. The Morgan fingerprint density at radius 3 is 2.27 bits per heavy atom. The first-order valence-electron chi connectivity index (χ1n) is 18.0. The summed E-state index contributed by atoms with van der Waals surface area (Å²) in [6.45, 7) is 11.3. The molecule has 12 heteroatoms. The number of anilines is 2. The molecule has 5 aliphatic rings. The third kappa shape index (κ3) is 7.22. The lowest BCUT2D eigenvalue weighted by atomic mass is 9.83. The lowest BCUT2D eigenvalue weighted by molar-refractivity contribution is -0.119. The summed E-state index contributed by atoms with van der Waals surface area (Å²) in [6, 6.07) is 10.3. The standard InChI is InChI=1S/C36H53N7O5/c1-35(2,3)48-34(45)41-14-10-27(11-15-41)47-28-18-26(19-28)40-16-12-36(46,13-17-40)23-43-24-8-9-25(43)22-42(21-24)31-20-30(38-39-33(31)37)29-6-4-5-7-32(29)44/h4-7,20,24-28,44,46H,8-19,21-23H2,1-3H3,(H2,37,39)/t24?,25?,26-,28-. The van der Waals surface area contributed by atoms with Gasteiger partial charge in [-0.2, -0.15) is 0 Å². The Kier molecular flexibility index (Phi) is 9.20. The number of carbonyl (C=O) groups excluding carboxylic acids is 1. The van der Waals surface area contributed by atoms with Gasteiger partial charge in [0.25, 0.3) is 0 Å². The maximum Gasteiger partial charge on any atom is 0.410 e. The van der Waals surface area contributed by atoms with Gasteiger partial charge in [0, 0.05) is 69.5 Å². The number of likely N-dealkylation sites (tertiary alicyclic amines) is 2. The maximum absolute atomic E-state index is 12.4. The van der Waals surface area contributed by atoms with Gasteiger partial charge in [0.2, 0.25) is 0 Å². The van der Waals surface area contributed by atoms with Crippen LogP contribution >= 0.6 is 0 Å². The minimum absolute atomic E-state index is 0.172. The minimum Gasteiger partial charge on any atom is -0.507 e. The fourth-order valence-electron chi connectivity index (χ4n) is 8.44. The number of phenols is 1. The first kappa shape index (κ1) is 33.3. The number of para-hydroxylation sites is 1. The number of benzene rings is 1. The molecule has 2 atom stereocenters. The summed E-state index contributed by atoms with van der Waals surface area (Å²) in [4.78, 5) is 21.6. The lowest BCUT2D eigenvalue weighted by Crippen LogP contribution is -2.61. The highest BCUT2D eigenvalue weighted by molar-refractivity contribution is 5.74. The van der Waals surface area contributed by atoms with E-state index in [-0.39, 0.29) is 17.9 Å². The molecule has 1 amide bonds. The van der Waals surface area contributed by atoms with E-state index in [0.29, 0.717) is 54.4 Å². The molecule has 1 aliphatic carbocycles. The number of fused-ring (bicyclic) bond motifs is 2. The molecule has 4 saturated heterocycles. The Morgan fingerprint density at radius 1 is 0.958 bits per heavy atom. The van der Waals surface area contributed by atoms with Gasteiger partial charge in [-0.1, -0.05) is 12.1 Å². The molecule has 7 rings (SSSR count). The number of phenolic OH excluding ortho intramolecular Hbond substituents is 1. The number of piperidine rings is 2. The van der Waals surface area contributed by atoms with Crippen molar-refractivity contribution < 1.29 is 24.5 Å². The number of hydrogen-bond acceptors (Lipinski definition) is 11. The van der Waals surface area contributed by atoms with Gasteiger partial charge in [-0.15, -0.1) is 10.2 Å². The van der Waals surface area contributed by atoms with Gasteiger partial charge in [-0.05, 0) is 90.3 Å². The topological polar surface area (TPSA) is 141 Å². The van der Waals surface area contributed by atoms with Crippen molar-refractivity contribution in [2.24, 2.45) is 0 Å². The first-order valence-corrected chi connectivity index (χ1v) is 18.0. The van der Waals surface area contributed by atoms with E-state index >= 15 is 0 Å². The molecule has 5 heterocycles. The third-order valence-corrected chi connectivity index (χ3v) is 11.2. The van der Waals surface area contributed by atoms with E-state index in [1.54, 1.807) is 17.0 Å². The van der Waals surface area contributed by atoms with Crippen molar-refractivity contribution in [1.29, 1.82) is 0 Å². The second-order valence-corrected chi connectivity index (χ2v) is 15.8. The van der Waals surface area contributed by atoms with Crippen LogP contribution in [0.5, 0.6) is 5.75 Å². The van der Waals surface area contributed by atoms with Crippen molar-refractivity contribution >= 4 is 17.6 Å². The SMILES string of the molecule is CC(C)(C)OC(=O)N1CCC(O[C@H]2C[C@H](N3CCC(O)(CN4C5CCC4CN(c4cc(-c6ccccc6O)nnc4N)C5)CC3)C2)CC1. The van der Waals surface area contributed by atoms with Crippen LogP contribution in [0.3, 0.4) is 0 Å². The molecule has 0 radical (unpaired) electrons. The Bertz CT molecular complexity index is 1430. The molecule has 1 aromatic heterocycles. The van der Waals surface area contributed by atoms with E-state index in [1.807, 2.05) is 39.0 Å². The normalized spacial score (nSPS) is 28.3. The predicted octanol–water partition coefficient (Wildman–Crippen LogP) is 3.86. The highest BCUT2D eigenvalue weighted by Gasteiger charge is 2.46. The van der Waals surface area contributed by atoms with Crippen molar-refractivity contribution in [3.05, 3.63) is 30.3 Å². The van der Waals surface area contributed by atoms with Gasteiger partial charge < -0.3 is 35.2 Å². The number of hydrogen-bond donors (Lipinski definition) is 3. The summed E-state index contributed by atoms with van der Waals surface area (Å²) in [5.74, 6) is 0.575. The second-order valence-electron chi connectivity index (χ2n) is 15.8. The molecule has 2 bridgehead atoms. The second kappa shape index (κ2) is 13.3. The van der Waals surface area contributed by atoms with E-state index in [0.717, 1.165) is 89.8 Å². The average Bonchev–Trinajstić information content (AvgIpc) is 3.24. The quantitative estimate of drug-likeness (QED) is 0.398. The van der Waals surface area contributed by atoms with E-state index in [1.165, 1.54) is 0 Å². The van der Waals surface area contributed by atoms with Crippen LogP contribution in [0, 0.1) is 0 Å². The van der Waals surface area contributed by atoms with Gasteiger partial charge in [0.15, 0.2) is 5.82 Å². The number of ether oxygens (including phenoxy) is 2. The molecule has 262 valence electrons. The summed E-state index contributed by atoms with van der Waals surface area (Å²) < 4.78 is 12.0. The van der Waals surface area contributed by atoms with Crippen LogP contribution in [0.25, 0.3) is 11.3 Å². The summed E-state index contributed by atoms with van der Waals surface area (Å²) in [5.41, 5.74) is 7.30. The number of aromatic hydroxyl groups is 1. The summed E-state index contributed by atoms with van der Waals surface area (Å²) in [5, 5.41) is 30.6. The van der Waals surface area contributed by atoms with Crippen molar-refractivity contribution in [3.8, 4) is 17.0 Å². The van der Waals surface area contributed by atoms with E-state index in [2.05, 4.69) is 24.9 Å². The molecule has 4 aliphatic heterocycles. The van der Waals surface area contributed by atoms with Crippen LogP contribution in [0.15, 0.2) is 30.3 Å². The Labute approximate surface area is 284 Å². The van der Waals surface area contributed by atoms with E-state index in [9.17, 15) is 15.0 Å². The summed E-state index contributed by atoms with van der Waals surface area (Å²) in [7, 11) is 0. The summed E-state index contributed by atoms with van der Waals surface area (Å²) >= 11 is 0. The number of carbonyl (C=O) groups is 1. The van der Waals surface area contributed by atoms with Crippen molar-refractivity contribution in [2.75, 3.05) is 56.4 Å². The van der Waals surface area contributed by atoms with Crippen molar-refractivity contribution in [2.45, 2.75) is 114 Å². The first-order chi connectivity index (χ1) is 22.9. The number of amides is 1. The van der Waals surface area contributed by atoms with Crippen LogP contribution < -0.4 is 10.6 Å². The van der Waals surface area contributed by atoms with Crippen molar-refractivity contribution in [1.82, 2.24) is 24.9 Å². The minimum atomic E-state index is -0.670.